The first-order valence-corrected chi connectivity index (χ1v) is 7.87. The molecule has 0 bridgehead atoms. The number of sulfone groups is 1. The van der Waals surface area contributed by atoms with Crippen LogP contribution in [0.4, 0.5) is 0 Å². The lowest BCUT2D eigenvalue weighted by molar-refractivity contribution is -0.164. The van der Waals surface area contributed by atoms with Crippen LogP contribution in [0.1, 0.15) is 20.3 Å². The number of ether oxygens (including phenoxy) is 1. The summed E-state index contributed by atoms with van der Waals surface area (Å²) in [5, 5.41) is 8.52. The van der Waals surface area contributed by atoms with E-state index >= 15 is 0 Å². The summed E-state index contributed by atoms with van der Waals surface area (Å²) in [6, 6.07) is 0. The molecule has 1 heterocycles. The third-order valence-corrected chi connectivity index (χ3v) is 4.82. The van der Waals surface area contributed by atoms with Crippen LogP contribution in [0, 0.1) is 0 Å². The van der Waals surface area contributed by atoms with Crippen molar-refractivity contribution in [3.63, 3.8) is 0 Å². The van der Waals surface area contributed by atoms with E-state index in [9.17, 15) is 13.2 Å². The first-order valence-electron chi connectivity index (χ1n) is 6.05. The van der Waals surface area contributed by atoms with Crippen LogP contribution in [0.3, 0.4) is 0 Å². The van der Waals surface area contributed by atoms with Crippen molar-refractivity contribution in [2.75, 3.05) is 37.7 Å². The second kappa shape index (κ2) is 5.99. The van der Waals surface area contributed by atoms with Gasteiger partial charge in [-0.25, -0.2) is 13.2 Å². The van der Waals surface area contributed by atoms with Crippen molar-refractivity contribution in [1.29, 1.82) is 0 Å². The monoisotopic (exact) mass is 279 g/mol. The van der Waals surface area contributed by atoms with Crippen LogP contribution in [0.5, 0.6) is 0 Å². The molecule has 106 valence electrons. The topological polar surface area (TPSA) is 83.9 Å². The summed E-state index contributed by atoms with van der Waals surface area (Å²) in [6.07, 6.45) is 0.616. The summed E-state index contributed by atoms with van der Waals surface area (Å²) in [5.41, 5.74) is -0.401. The summed E-state index contributed by atoms with van der Waals surface area (Å²) in [7, 11) is -2.89. The Bertz CT molecular complexity index is 386. The molecule has 0 aromatic rings. The Morgan fingerprint density at radius 3 is 2.56 bits per heavy atom. The number of aliphatic carboxylic acids is 1. The minimum absolute atomic E-state index is 0.187. The van der Waals surface area contributed by atoms with Crippen LogP contribution in [0.25, 0.3) is 0 Å². The zero-order chi connectivity index (χ0) is 13.8. The van der Waals surface area contributed by atoms with Crippen LogP contribution >= 0.6 is 0 Å². The standard InChI is InChI=1S/C11H21NO5S/c1-3-18(15,16)6-4-5-12-8-11(2,9-12)17-7-10(13)14/h3-9H2,1-2H3,(H,13,14). The second-order valence-corrected chi connectivity index (χ2v) is 7.41. The highest BCUT2D eigenvalue weighted by molar-refractivity contribution is 7.91. The van der Waals surface area contributed by atoms with Crippen molar-refractivity contribution < 1.29 is 23.1 Å². The fraction of sp³-hybridized carbons (Fsp3) is 0.909. The van der Waals surface area contributed by atoms with Gasteiger partial charge in [0.05, 0.1) is 11.4 Å². The molecular weight excluding hydrogens is 258 g/mol. The number of hydrogen-bond donors (Lipinski definition) is 1. The predicted octanol–water partition coefficient (Wildman–Crippen LogP) is -0.0133. The van der Waals surface area contributed by atoms with E-state index < -0.39 is 21.4 Å². The Balaban J connectivity index is 2.17. The maximum absolute atomic E-state index is 11.3. The highest BCUT2D eigenvalue weighted by Crippen LogP contribution is 2.24. The van der Waals surface area contributed by atoms with Gasteiger partial charge in [0.25, 0.3) is 0 Å². The Hall–Kier alpha value is -0.660. The van der Waals surface area contributed by atoms with Gasteiger partial charge in [-0.1, -0.05) is 6.92 Å². The largest absolute Gasteiger partial charge is 0.480 e. The fourth-order valence-corrected chi connectivity index (χ4v) is 2.90. The van der Waals surface area contributed by atoms with E-state index in [0.717, 1.165) is 0 Å². The number of hydrogen-bond acceptors (Lipinski definition) is 5. The quantitative estimate of drug-likeness (QED) is 0.672. The molecule has 0 aromatic heterocycles. The number of rotatable bonds is 8. The van der Waals surface area contributed by atoms with Gasteiger partial charge in [0.15, 0.2) is 0 Å². The molecule has 1 aliphatic heterocycles. The molecule has 7 heteroatoms. The van der Waals surface area contributed by atoms with Crippen molar-refractivity contribution in [3.05, 3.63) is 0 Å². The lowest BCUT2D eigenvalue weighted by atomic mass is 9.96. The first kappa shape index (κ1) is 15.4. The van der Waals surface area contributed by atoms with Gasteiger partial charge in [-0.2, -0.15) is 0 Å². The number of carboxylic acids is 1. The number of likely N-dealkylation sites (tertiary alicyclic amines) is 1. The molecule has 0 atom stereocenters. The van der Waals surface area contributed by atoms with Crippen LogP contribution in [0.15, 0.2) is 0 Å². The van der Waals surface area contributed by atoms with Crippen molar-refractivity contribution in [2.24, 2.45) is 0 Å². The summed E-state index contributed by atoms with van der Waals surface area (Å²) < 4.78 is 27.8. The predicted molar refractivity (Wildman–Crippen MR) is 67.4 cm³/mol. The number of carboxylic acid groups (broad SMARTS) is 1. The van der Waals surface area contributed by atoms with Crippen LogP contribution < -0.4 is 0 Å². The van der Waals surface area contributed by atoms with Gasteiger partial charge in [0.2, 0.25) is 0 Å². The van der Waals surface area contributed by atoms with Gasteiger partial charge in [-0.3, -0.25) is 4.90 Å². The summed E-state index contributed by atoms with van der Waals surface area (Å²) in [4.78, 5) is 12.5. The maximum atomic E-state index is 11.3. The zero-order valence-electron chi connectivity index (χ0n) is 10.9. The highest BCUT2D eigenvalue weighted by atomic mass is 32.2. The lowest BCUT2D eigenvalue weighted by Gasteiger charge is -2.47. The van der Waals surface area contributed by atoms with E-state index in [1.165, 1.54) is 0 Å². The van der Waals surface area contributed by atoms with E-state index in [-0.39, 0.29) is 18.1 Å². The summed E-state index contributed by atoms with van der Waals surface area (Å²) in [5.74, 6) is -0.567. The van der Waals surface area contributed by atoms with Crippen molar-refractivity contribution >= 4 is 15.8 Å². The van der Waals surface area contributed by atoms with Crippen LogP contribution in [-0.4, -0.2) is 67.7 Å². The average Bonchev–Trinajstić information content (AvgIpc) is 2.24. The van der Waals surface area contributed by atoms with Crippen molar-refractivity contribution in [2.45, 2.75) is 25.9 Å². The molecule has 1 aliphatic rings. The van der Waals surface area contributed by atoms with Gasteiger partial charge in [-0.15, -0.1) is 0 Å². The summed E-state index contributed by atoms with van der Waals surface area (Å²) in [6.45, 7) is 5.27. The zero-order valence-corrected chi connectivity index (χ0v) is 11.7. The van der Waals surface area contributed by atoms with Gasteiger partial charge in [0.1, 0.15) is 16.4 Å². The molecule has 1 saturated heterocycles. The van der Waals surface area contributed by atoms with Gasteiger partial charge >= 0.3 is 5.97 Å². The Morgan fingerprint density at radius 2 is 2.06 bits per heavy atom. The molecule has 0 amide bonds. The van der Waals surface area contributed by atoms with Crippen LogP contribution in [0.2, 0.25) is 0 Å². The normalized spacial score (nSPS) is 19.4. The molecule has 1 N–H and O–H groups in total. The first-order chi connectivity index (χ1) is 8.26. The smallest absolute Gasteiger partial charge is 0.329 e. The minimum atomic E-state index is -2.89. The molecule has 18 heavy (non-hydrogen) atoms. The molecule has 0 unspecified atom stereocenters. The van der Waals surface area contributed by atoms with E-state index in [1.807, 2.05) is 6.92 Å². The fourth-order valence-electron chi connectivity index (χ4n) is 2.04. The minimum Gasteiger partial charge on any atom is -0.480 e. The third kappa shape index (κ3) is 4.91. The lowest BCUT2D eigenvalue weighted by Crippen LogP contribution is -2.61. The Labute approximate surface area is 108 Å². The highest BCUT2D eigenvalue weighted by Gasteiger charge is 2.39. The molecule has 1 fully saturated rings. The van der Waals surface area contributed by atoms with E-state index in [2.05, 4.69) is 4.90 Å². The van der Waals surface area contributed by atoms with E-state index in [1.54, 1.807) is 6.92 Å². The van der Waals surface area contributed by atoms with E-state index in [0.29, 0.717) is 26.1 Å². The number of nitrogens with zero attached hydrogens (tertiary/aromatic N) is 1. The maximum Gasteiger partial charge on any atom is 0.329 e. The summed E-state index contributed by atoms with van der Waals surface area (Å²) >= 11 is 0. The Kier molecular flexibility index (Phi) is 5.12. The molecule has 0 radical (unpaired) electrons. The molecule has 1 rings (SSSR count). The molecular formula is C11H21NO5S. The number of carbonyl (C=O) groups is 1. The molecule has 0 spiro atoms. The van der Waals surface area contributed by atoms with Gasteiger partial charge in [0, 0.05) is 18.8 Å². The van der Waals surface area contributed by atoms with E-state index in [4.69, 9.17) is 9.84 Å². The molecule has 0 aromatic carbocycles. The van der Waals surface area contributed by atoms with Crippen molar-refractivity contribution in [1.82, 2.24) is 4.90 Å². The van der Waals surface area contributed by atoms with Gasteiger partial charge < -0.3 is 9.84 Å². The molecule has 6 nitrogen and oxygen atoms in total. The molecule has 0 aliphatic carbocycles. The average molecular weight is 279 g/mol. The second-order valence-electron chi connectivity index (χ2n) is 4.93. The van der Waals surface area contributed by atoms with Crippen LogP contribution in [-0.2, 0) is 19.4 Å². The Morgan fingerprint density at radius 1 is 1.44 bits per heavy atom. The van der Waals surface area contributed by atoms with Gasteiger partial charge in [-0.05, 0) is 19.9 Å². The molecule has 0 saturated carbocycles. The third-order valence-electron chi connectivity index (χ3n) is 3.03. The van der Waals surface area contributed by atoms with Crippen molar-refractivity contribution in [3.8, 4) is 0 Å². The SMILES string of the molecule is CCS(=O)(=O)CCCN1CC(C)(OCC(=O)O)C1.